The molecular formula is C9H13NOS. The van der Waals surface area contributed by atoms with Crippen molar-refractivity contribution in [2.24, 2.45) is 0 Å². The third kappa shape index (κ3) is 2.22. The van der Waals surface area contributed by atoms with E-state index < -0.39 is 6.10 Å². The molecule has 1 unspecified atom stereocenters. The first-order chi connectivity index (χ1) is 5.77. The van der Waals surface area contributed by atoms with Crippen LogP contribution in [-0.2, 0) is 0 Å². The summed E-state index contributed by atoms with van der Waals surface area (Å²) in [5.74, 6) is 0. The molecular weight excluding hydrogens is 170 g/mol. The molecule has 0 amide bonds. The molecule has 0 radical (unpaired) electrons. The van der Waals surface area contributed by atoms with Crippen molar-refractivity contribution in [3.63, 3.8) is 0 Å². The molecule has 0 fully saturated rings. The Morgan fingerprint density at radius 2 is 2.33 bits per heavy atom. The van der Waals surface area contributed by atoms with Crippen LogP contribution in [0.5, 0.6) is 0 Å². The van der Waals surface area contributed by atoms with Gasteiger partial charge in [0.1, 0.15) is 0 Å². The standard InChI is InChI=1S/C9H13NOS/c1-3-9(11)8-5-4-7(12-2)6-10-8/h4-6,9,11H,3H2,1-2H3. The first-order valence-corrected chi connectivity index (χ1v) is 5.18. The minimum absolute atomic E-state index is 0.416. The molecule has 1 aromatic rings. The molecule has 0 aliphatic carbocycles. The van der Waals surface area contributed by atoms with Crippen LogP contribution in [0.2, 0.25) is 0 Å². The van der Waals surface area contributed by atoms with E-state index in [0.29, 0.717) is 6.42 Å². The summed E-state index contributed by atoms with van der Waals surface area (Å²) in [6.45, 7) is 1.94. The molecule has 1 aromatic heterocycles. The molecule has 1 atom stereocenters. The first kappa shape index (κ1) is 9.55. The van der Waals surface area contributed by atoms with Crippen molar-refractivity contribution in [3.05, 3.63) is 24.0 Å². The first-order valence-electron chi connectivity index (χ1n) is 3.96. The Balaban J connectivity index is 2.77. The van der Waals surface area contributed by atoms with Gasteiger partial charge in [-0.15, -0.1) is 11.8 Å². The lowest BCUT2D eigenvalue weighted by Crippen LogP contribution is -1.97. The normalized spacial score (nSPS) is 12.9. The number of hydrogen-bond acceptors (Lipinski definition) is 3. The highest BCUT2D eigenvalue weighted by Gasteiger charge is 2.04. The summed E-state index contributed by atoms with van der Waals surface area (Å²) in [6, 6.07) is 3.85. The zero-order valence-electron chi connectivity index (χ0n) is 7.32. The van der Waals surface area contributed by atoms with Crippen LogP contribution < -0.4 is 0 Å². The van der Waals surface area contributed by atoms with Crippen LogP contribution in [0.1, 0.15) is 25.1 Å². The fraction of sp³-hybridized carbons (Fsp3) is 0.444. The predicted octanol–water partition coefficient (Wildman–Crippen LogP) is 2.25. The Morgan fingerprint density at radius 1 is 1.58 bits per heavy atom. The van der Waals surface area contributed by atoms with Crippen LogP contribution in [0, 0.1) is 0 Å². The molecule has 1 N–H and O–H groups in total. The summed E-state index contributed by atoms with van der Waals surface area (Å²) in [7, 11) is 0. The Bertz CT molecular complexity index is 235. The topological polar surface area (TPSA) is 33.1 Å². The Kier molecular flexibility index (Phi) is 3.56. The Morgan fingerprint density at radius 3 is 2.75 bits per heavy atom. The SMILES string of the molecule is CCC(O)c1ccc(SC)cn1. The van der Waals surface area contributed by atoms with E-state index in [0.717, 1.165) is 10.6 Å². The summed E-state index contributed by atoms with van der Waals surface area (Å²) in [6.07, 6.45) is 4.10. The van der Waals surface area contributed by atoms with Crippen LogP contribution in [0.25, 0.3) is 0 Å². The van der Waals surface area contributed by atoms with Crippen molar-refractivity contribution in [2.45, 2.75) is 24.3 Å². The van der Waals surface area contributed by atoms with Gasteiger partial charge in [0.25, 0.3) is 0 Å². The van der Waals surface area contributed by atoms with Gasteiger partial charge in [-0.2, -0.15) is 0 Å². The van der Waals surface area contributed by atoms with E-state index in [4.69, 9.17) is 0 Å². The average molecular weight is 183 g/mol. The van der Waals surface area contributed by atoms with E-state index >= 15 is 0 Å². The molecule has 0 saturated heterocycles. The number of rotatable bonds is 3. The van der Waals surface area contributed by atoms with Gasteiger partial charge in [0, 0.05) is 11.1 Å². The number of aliphatic hydroxyl groups is 1. The molecule has 0 aliphatic rings. The quantitative estimate of drug-likeness (QED) is 0.730. The maximum absolute atomic E-state index is 9.42. The third-order valence-electron chi connectivity index (χ3n) is 1.72. The zero-order chi connectivity index (χ0) is 8.97. The fourth-order valence-corrected chi connectivity index (χ4v) is 1.28. The number of pyridine rings is 1. The Hall–Kier alpha value is -0.540. The molecule has 1 rings (SSSR count). The van der Waals surface area contributed by atoms with E-state index in [1.165, 1.54) is 0 Å². The van der Waals surface area contributed by atoms with Gasteiger partial charge in [0.15, 0.2) is 0 Å². The monoisotopic (exact) mass is 183 g/mol. The molecule has 2 nitrogen and oxygen atoms in total. The number of hydrogen-bond donors (Lipinski definition) is 1. The smallest absolute Gasteiger partial charge is 0.0957 e. The summed E-state index contributed by atoms with van der Waals surface area (Å²) >= 11 is 1.65. The maximum Gasteiger partial charge on any atom is 0.0957 e. The van der Waals surface area contributed by atoms with Crippen molar-refractivity contribution in [1.82, 2.24) is 4.98 Å². The van der Waals surface area contributed by atoms with Gasteiger partial charge >= 0.3 is 0 Å². The molecule has 0 bridgehead atoms. The van der Waals surface area contributed by atoms with Crippen LogP contribution in [0.4, 0.5) is 0 Å². The number of aromatic nitrogens is 1. The highest BCUT2D eigenvalue weighted by Crippen LogP contribution is 2.17. The van der Waals surface area contributed by atoms with Crippen LogP contribution >= 0.6 is 11.8 Å². The van der Waals surface area contributed by atoms with Crippen LogP contribution in [0.3, 0.4) is 0 Å². The second kappa shape index (κ2) is 4.48. The third-order valence-corrected chi connectivity index (χ3v) is 2.44. The van der Waals surface area contributed by atoms with Crippen molar-refractivity contribution in [1.29, 1.82) is 0 Å². The van der Waals surface area contributed by atoms with Gasteiger partial charge in [0.05, 0.1) is 11.8 Å². The predicted molar refractivity (Wildman–Crippen MR) is 51.3 cm³/mol. The van der Waals surface area contributed by atoms with E-state index in [1.54, 1.807) is 18.0 Å². The summed E-state index contributed by atoms with van der Waals surface area (Å²) < 4.78 is 0. The average Bonchev–Trinajstić information content (AvgIpc) is 2.17. The van der Waals surface area contributed by atoms with Crippen LogP contribution in [0.15, 0.2) is 23.2 Å². The van der Waals surface area contributed by atoms with Gasteiger partial charge in [-0.3, -0.25) is 4.98 Å². The fourth-order valence-electron chi connectivity index (χ4n) is 0.919. The van der Waals surface area contributed by atoms with Gasteiger partial charge in [-0.25, -0.2) is 0 Å². The number of thioether (sulfide) groups is 1. The summed E-state index contributed by atoms with van der Waals surface area (Å²) in [5, 5.41) is 9.42. The van der Waals surface area contributed by atoms with Gasteiger partial charge in [-0.1, -0.05) is 6.92 Å². The largest absolute Gasteiger partial charge is 0.387 e. The van der Waals surface area contributed by atoms with Gasteiger partial charge in [-0.05, 0) is 24.8 Å². The number of aliphatic hydroxyl groups excluding tert-OH is 1. The zero-order valence-corrected chi connectivity index (χ0v) is 8.14. The Labute approximate surface area is 77.0 Å². The molecule has 0 saturated carbocycles. The molecule has 1 heterocycles. The molecule has 0 aliphatic heterocycles. The lowest BCUT2D eigenvalue weighted by atomic mass is 10.2. The summed E-state index contributed by atoms with van der Waals surface area (Å²) in [5.41, 5.74) is 0.760. The second-order valence-electron chi connectivity index (χ2n) is 2.55. The lowest BCUT2D eigenvalue weighted by molar-refractivity contribution is 0.169. The minimum Gasteiger partial charge on any atom is -0.387 e. The molecule has 3 heteroatoms. The minimum atomic E-state index is -0.416. The van der Waals surface area contributed by atoms with Crippen molar-refractivity contribution in [3.8, 4) is 0 Å². The van der Waals surface area contributed by atoms with Gasteiger partial charge < -0.3 is 5.11 Å². The lowest BCUT2D eigenvalue weighted by Gasteiger charge is -2.06. The van der Waals surface area contributed by atoms with Crippen LogP contribution in [-0.4, -0.2) is 16.3 Å². The molecule has 0 spiro atoms. The second-order valence-corrected chi connectivity index (χ2v) is 3.43. The molecule has 0 aromatic carbocycles. The number of nitrogens with zero attached hydrogens (tertiary/aromatic N) is 1. The van der Waals surface area contributed by atoms with Gasteiger partial charge in [0.2, 0.25) is 0 Å². The highest BCUT2D eigenvalue weighted by molar-refractivity contribution is 7.98. The van der Waals surface area contributed by atoms with E-state index in [2.05, 4.69) is 4.98 Å². The van der Waals surface area contributed by atoms with E-state index in [-0.39, 0.29) is 0 Å². The van der Waals surface area contributed by atoms with Crippen molar-refractivity contribution < 1.29 is 5.11 Å². The highest BCUT2D eigenvalue weighted by atomic mass is 32.2. The van der Waals surface area contributed by atoms with E-state index in [1.807, 2.05) is 25.3 Å². The van der Waals surface area contributed by atoms with Crippen molar-refractivity contribution in [2.75, 3.05) is 6.26 Å². The maximum atomic E-state index is 9.42. The summed E-state index contributed by atoms with van der Waals surface area (Å²) in [4.78, 5) is 5.28. The van der Waals surface area contributed by atoms with E-state index in [9.17, 15) is 5.11 Å². The van der Waals surface area contributed by atoms with Crippen molar-refractivity contribution >= 4 is 11.8 Å². The molecule has 12 heavy (non-hydrogen) atoms. The molecule has 66 valence electrons.